The molecule has 2 rings (SSSR count). The normalized spacial score (nSPS) is 12.4. The molecule has 0 amide bonds. The van der Waals surface area contributed by atoms with Crippen molar-refractivity contribution < 1.29 is 8.78 Å². The van der Waals surface area contributed by atoms with Crippen molar-refractivity contribution in [3.8, 4) is 0 Å². The summed E-state index contributed by atoms with van der Waals surface area (Å²) in [6, 6.07) is 11.9. The molecule has 1 nitrogen and oxygen atoms in total. The number of benzene rings is 2. The Kier molecular flexibility index (Phi) is 5.26. The van der Waals surface area contributed by atoms with E-state index in [1.165, 1.54) is 17.7 Å². The lowest BCUT2D eigenvalue weighted by Crippen LogP contribution is -2.14. The molecule has 0 spiro atoms. The zero-order chi connectivity index (χ0) is 14.5. The Hall–Kier alpha value is -1.26. The van der Waals surface area contributed by atoms with Gasteiger partial charge < -0.3 is 5.73 Å². The third kappa shape index (κ3) is 3.87. The van der Waals surface area contributed by atoms with Gasteiger partial charge in [0.2, 0.25) is 0 Å². The molecule has 0 bridgehead atoms. The molecule has 0 aliphatic rings. The van der Waals surface area contributed by atoms with Gasteiger partial charge in [-0.15, -0.1) is 0 Å². The molecule has 20 heavy (non-hydrogen) atoms. The minimum atomic E-state index is -0.619. The highest BCUT2D eigenvalue weighted by molar-refractivity contribution is 9.10. The number of aryl methyl sites for hydroxylation is 1. The van der Waals surface area contributed by atoms with Crippen LogP contribution in [0.2, 0.25) is 0 Å². The van der Waals surface area contributed by atoms with Gasteiger partial charge in [0.25, 0.3) is 0 Å². The van der Waals surface area contributed by atoms with Gasteiger partial charge in [-0.3, -0.25) is 0 Å². The summed E-state index contributed by atoms with van der Waals surface area (Å²) in [5, 5.41) is 0. The first-order valence-corrected chi connectivity index (χ1v) is 7.31. The first-order chi connectivity index (χ1) is 9.58. The topological polar surface area (TPSA) is 26.0 Å². The van der Waals surface area contributed by atoms with E-state index in [0.717, 1.165) is 12.8 Å². The van der Waals surface area contributed by atoms with E-state index in [0.29, 0.717) is 10.9 Å². The molecule has 0 radical (unpaired) electrons. The second kappa shape index (κ2) is 6.95. The maximum absolute atomic E-state index is 13.8. The lowest BCUT2D eigenvalue weighted by atomic mass is 9.99. The summed E-state index contributed by atoms with van der Waals surface area (Å²) in [4.78, 5) is 0. The molecule has 0 fully saturated rings. The monoisotopic (exact) mass is 339 g/mol. The van der Waals surface area contributed by atoms with E-state index in [9.17, 15) is 8.78 Å². The van der Waals surface area contributed by atoms with Gasteiger partial charge in [-0.25, -0.2) is 8.78 Å². The average Bonchev–Trinajstić information content (AvgIpc) is 2.38. The predicted molar refractivity (Wildman–Crippen MR) is 80.4 cm³/mol. The van der Waals surface area contributed by atoms with Crippen molar-refractivity contribution in [3.05, 3.63) is 69.7 Å². The van der Waals surface area contributed by atoms with Crippen molar-refractivity contribution in [2.45, 2.75) is 25.3 Å². The Morgan fingerprint density at radius 3 is 2.25 bits per heavy atom. The van der Waals surface area contributed by atoms with Crippen LogP contribution in [0.1, 0.15) is 30.0 Å². The minimum absolute atomic E-state index is 0.0266. The van der Waals surface area contributed by atoms with Crippen LogP contribution in [0, 0.1) is 11.6 Å². The minimum Gasteiger partial charge on any atom is -0.324 e. The van der Waals surface area contributed by atoms with E-state index in [1.807, 2.05) is 30.3 Å². The standard InChI is InChI=1S/C16H16BrF2N/c17-12-9-13(18)16(14(19)10-12)15(20)8-4-7-11-5-2-1-3-6-11/h1-3,5-6,9-10,15H,4,7-8,20H2. The summed E-state index contributed by atoms with van der Waals surface area (Å²) in [6.45, 7) is 0. The zero-order valence-corrected chi connectivity index (χ0v) is 12.5. The Labute approximate surface area is 125 Å². The molecule has 0 saturated heterocycles. The predicted octanol–water partition coefficient (Wildman–Crippen LogP) is 4.75. The van der Waals surface area contributed by atoms with Crippen molar-refractivity contribution in [1.29, 1.82) is 0 Å². The number of hydrogen-bond donors (Lipinski definition) is 1. The molecule has 0 aliphatic heterocycles. The third-order valence-corrected chi connectivity index (χ3v) is 3.70. The zero-order valence-electron chi connectivity index (χ0n) is 11.0. The first-order valence-electron chi connectivity index (χ1n) is 6.52. The largest absolute Gasteiger partial charge is 0.324 e. The molecule has 0 aliphatic carbocycles. The molecule has 0 aromatic heterocycles. The van der Waals surface area contributed by atoms with Crippen LogP contribution >= 0.6 is 15.9 Å². The molecular weight excluding hydrogens is 324 g/mol. The van der Waals surface area contributed by atoms with Crippen LogP contribution in [-0.2, 0) is 6.42 Å². The van der Waals surface area contributed by atoms with Crippen molar-refractivity contribution >= 4 is 15.9 Å². The molecule has 0 heterocycles. The highest BCUT2D eigenvalue weighted by atomic mass is 79.9. The van der Waals surface area contributed by atoms with Crippen molar-refractivity contribution in [3.63, 3.8) is 0 Å². The Bertz CT molecular complexity index is 549. The molecule has 1 atom stereocenters. The van der Waals surface area contributed by atoms with Crippen LogP contribution in [0.15, 0.2) is 46.9 Å². The third-order valence-electron chi connectivity index (χ3n) is 3.24. The number of nitrogens with two attached hydrogens (primary N) is 1. The quantitative estimate of drug-likeness (QED) is 0.835. The fourth-order valence-electron chi connectivity index (χ4n) is 2.22. The van der Waals surface area contributed by atoms with Crippen LogP contribution in [0.4, 0.5) is 8.78 Å². The molecule has 106 valence electrons. The van der Waals surface area contributed by atoms with E-state index in [4.69, 9.17) is 5.73 Å². The van der Waals surface area contributed by atoms with Gasteiger partial charge in [-0.2, -0.15) is 0 Å². The summed E-state index contributed by atoms with van der Waals surface area (Å²) >= 11 is 3.06. The molecule has 2 N–H and O–H groups in total. The van der Waals surface area contributed by atoms with Crippen molar-refractivity contribution in [2.24, 2.45) is 5.73 Å². The van der Waals surface area contributed by atoms with Gasteiger partial charge in [0.15, 0.2) is 0 Å². The maximum Gasteiger partial charge on any atom is 0.132 e. The molecular formula is C16H16BrF2N. The lowest BCUT2D eigenvalue weighted by molar-refractivity contribution is 0.503. The summed E-state index contributed by atoms with van der Waals surface area (Å²) in [5.74, 6) is -1.19. The van der Waals surface area contributed by atoms with E-state index in [-0.39, 0.29) is 5.56 Å². The average molecular weight is 340 g/mol. The van der Waals surface area contributed by atoms with Crippen LogP contribution in [0.3, 0.4) is 0 Å². The van der Waals surface area contributed by atoms with Crippen LogP contribution in [-0.4, -0.2) is 0 Å². The van der Waals surface area contributed by atoms with Crippen LogP contribution in [0.25, 0.3) is 0 Å². The molecule has 0 saturated carbocycles. The van der Waals surface area contributed by atoms with Gasteiger partial charge in [0.05, 0.1) is 0 Å². The second-order valence-electron chi connectivity index (χ2n) is 4.77. The number of rotatable bonds is 5. The molecule has 1 unspecified atom stereocenters. The van der Waals surface area contributed by atoms with Crippen molar-refractivity contribution in [2.75, 3.05) is 0 Å². The van der Waals surface area contributed by atoms with Gasteiger partial charge in [-0.1, -0.05) is 46.3 Å². The molecule has 2 aromatic rings. The van der Waals surface area contributed by atoms with Crippen molar-refractivity contribution in [1.82, 2.24) is 0 Å². The fourth-order valence-corrected chi connectivity index (χ4v) is 2.62. The lowest BCUT2D eigenvalue weighted by Gasteiger charge is -2.14. The van der Waals surface area contributed by atoms with Gasteiger partial charge in [-0.05, 0) is 37.0 Å². The Morgan fingerprint density at radius 1 is 1.05 bits per heavy atom. The summed E-state index contributed by atoms with van der Waals surface area (Å²) in [6.07, 6.45) is 2.19. The highest BCUT2D eigenvalue weighted by Crippen LogP contribution is 2.26. The molecule has 2 aromatic carbocycles. The van der Waals surface area contributed by atoms with E-state index < -0.39 is 17.7 Å². The summed E-state index contributed by atoms with van der Waals surface area (Å²) in [5.41, 5.74) is 7.09. The SMILES string of the molecule is NC(CCCc1ccccc1)c1c(F)cc(Br)cc1F. The highest BCUT2D eigenvalue weighted by Gasteiger charge is 2.17. The van der Waals surface area contributed by atoms with Gasteiger partial charge in [0.1, 0.15) is 11.6 Å². The Balaban J connectivity index is 1.97. The Morgan fingerprint density at radius 2 is 1.65 bits per heavy atom. The van der Waals surface area contributed by atoms with Crippen LogP contribution < -0.4 is 5.73 Å². The number of halogens is 3. The second-order valence-corrected chi connectivity index (χ2v) is 5.68. The summed E-state index contributed by atoms with van der Waals surface area (Å²) < 4.78 is 27.9. The maximum atomic E-state index is 13.8. The van der Waals surface area contributed by atoms with E-state index in [1.54, 1.807) is 0 Å². The fraction of sp³-hybridized carbons (Fsp3) is 0.250. The molecule has 4 heteroatoms. The van der Waals surface area contributed by atoms with Gasteiger partial charge in [0, 0.05) is 16.1 Å². The smallest absolute Gasteiger partial charge is 0.132 e. The van der Waals surface area contributed by atoms with Gasteiger partial charge >= 0.3 is 0 Å². The summed E-state index contributed by atoms with van der Waals surface area (Å²) in [7, 11) is 0. The van der Waals surface area contributed by atoms with E-state index in [2.05, 4.69) is 15.9 Å². The van der Waals surface area contributed by atoms with Crippen LogP contribution in [0.5, 0.6) is 0 Å². The number of hydrogen-bond acceptors (Lipinski definition) is 1. The van der Waals surface area contributed by atoms with E-state index >= 15 is 0 Å². The first kappa shape index (κ1) is 15.1.